The first-order chi connectivity index (χ1) is 7.56. The molecule has 0 saturated heterocycles. The average molecular weight is 248 g/mol. The van der Waals surface area contributed by atoms with Crippen LogP contribution in [0.5, 0.6) is 0 Å². The van der Waals surface area contributed by atoms with Crippen LogP contribution < -0.4 is 0 Å². The molecule has 0 fully saturated rings. The maximum Gasteiger partial charge on any atom is 0.0593 e. The zero-order chi connectivity index (χ0) is 12.4. The van der Waals surface area contributed by atoms with E-state index in [1.54, 1.807) is 0 Å². The molecule has 0 unspecified atom stereocenters. The number of rotatable bonds is 10. The molecule has 4 heteroatoms. The molecule has 0 aromatic carbocycles. The summed E-state index contributed by atoms with van der Waals surface area (Å²) in [7, 11) is 4.23. The lowest BCUT2D eigenvalue weighted by Crippen LogP contribution is -2.36. The van der Waals surface area contributed by atoms with Crippen LogP contribution in [0.3, 0.4) is 0 Å². The SMILES string of the molecule is CC(C)CN(CCOCCS)CCN(C)C. The standard InChI is InChI=1S/C12H28N2OS/c1-12(2)11-14(6-5-13(3)4)7-8-15-9-10-16/h12,16H,5-11H2,1-4H3. The van der Waals surface area contributed by atoms with Crippen LogP contribution >= 0.6 is 12.6 Å². The zero-order valence-corrected chi connectivity index (χ0v) is 12.2. The van der Waals surface area contributed by atoms with Gasteiger partial charge in [0.25, 0.3) is 0 Å². The van der Waals surface area contributed by atoms with Gasteiger partial charge in [0.1, 0.15) is 0 Å². The van der Waals surface area contributed by atoms with Gasteiger partial charge in [-0.2, -0.15) is 12.6 Å². The molecule has 3 nitrogen and oxygen atoms in total. The van der Waals surface area contributed by atoms with Crippen LogP contribution in [0, 0.1) is 5.92 Å². The highest BCUT2D eigenvalue weighted by Gasteiger charge is 2.07. The molecule has 0 aliphatic heterocycles. The number of hydrogen-bond donors (Lipinski definition) is 1. The van der Waals surface area contributed by atoms with Crippen molar-refractivity contribution in [3.8, 4) is 0 Å². The minimum absolute atomic E-state index is 0.715. The summed E-state index contributed by atoms with van der Waals surface area (Å²) in [5.74, 6) is 1.52. The number of ether oxygens (including phenoxy) is 1. The summed E-state index contributed by atoms with van der Waals surface area (Å²) in [6, 6.07) is 0. The molecule has 0 heterocycles. The van der Waals surface area contributed by atoms with Crippen LogP contribution in [-0.4, -0.2) is 69.0 Å². The van der Waals surface area contributed by atoms with Gasteiger partial charge < -0.3 is 9.64 Å². The van der Waals surface area contributed by atoms with Crippen LogP contribution in [0.1, 0.15) is 13.8 Å². The second-order valence-electron chi connectivity index (χ2n) is 4.83. The van der Waals surface area contributed by atoms with Crippen LogP contribution in [0.4, 0.5) is 0 Å². The predicted molar refractivity (Wildman–Crippen MR) is 74.5 cm³/mol. The van der Waals surface area contributed by atoms with Crippen molar-refractivity contribution in [1.82, 2.24) is 9.80 Å². The average Bonchev–Trinajstić information content (AvgIpc) is 2.19. The van der Waals surface area contributed by atoms with Crippen molar-refractivity contribution < 1.29 is 4.74 Å². The summed E-state index contributed by atoms with van der Waals surface area (Å²) >= 11 is 4.12. The quantitative estimate of drug-likeness (QED) is 0.465. The molecule has 16 heavy (non-hydrogen) atoms. The van der Waals surface area contributed by atoms with Crippen LogP contribution in [-0.2, 0) is 4.74 Å². The molecule has 0 amide bonds. The van der Waals surface area contributed by atoms with Crippen molar-refractivity contribution in [2.75, 3.05) is 59.2 Å². The van der Waals surface area contributed by atoms with E-state index in [-0.39, 0.29) is 0 Å². The third-order valence-corrected chi connectivity index (χ3v) is 2.46. The van der Waals surface area contributed by atoms with Gasteiger partial charge in [0.15, 0.2) is 0 Å². The maximum atomic E-state index is 5.47. The van der Waals surface area contributed by atoms with E-state index >= 15 is 0 Å². The van der Waals surface area contributed by atoms with Gasteiger partial charge in [-0.25, -0.2) is 0 Å². The normalized spacial score (nSPS) is 12.0. The summed E-state index contributed by atoms with van der Waals surface area (Å²) in [6.45, 7) is 10.5. The Labute approximate surface area is 107 Å². The molecule has 0 aliphatic rings. The van der Waals surface area contributed by atoms with Crippen molar-refractivity contribution in [3.05, 3.63) is 0 Å². The van der Waals surface area contributed by atoms with E-state index in [0.29, 0.717) is 5.92 Å². The maximum absolute atomic E-state index is 5.47. The zero-order valence-electron chi connectivity index (χ0n) is 11.3. The van der Waals surface area contributed by atoms with Gasteiger partial charge in [0, 0.05) is 31.9 Å². The molecule has 0 bridgehead atoms. The molecule has 0 spiro atoms. The number of hydrogen-bond acceptors (Lipinski definition) is 4. The fraction of sp³-hybridized carbons (Fsp3) is 1.00. The van der Waals surface area contributed by atoms with Crippen LogP contribution in [0.15, 0.2) is 0 Å². The molecule has 0 aromatic heterocycles. The Bertz CT molecular complexity index is 154. The highest BCUT2D eigenvalue weighted by Crippen LogP contribution is 1.98. The molecule has 0 rings (SSSR count). The van der Waals surface area contributed by atoms with Gasteiger partial charge >= 0.3 is 0 Å². The van der Waals surface area contributed by atoms with Crippen LogP contribution in [0.25, 0.3) is 0 Å². The minimum Gasteiger partial charge on any atom is -0.379 e. The van der Waals surface area contributed by atoms with Gasteiger partial charge in [-0.05, 0) is 20.0 Å². The smallest absolute Gasteiger partial charge is 0.0593 e. The summed E-state index contributed by atoms with van der Waals surface area (Å²) in [5.41, 5.74) is 0. The monoisotopic (exact) mass is 248 g/mol. The Hall–Kier alpha value is 0.230. The van der Waals surface area contributed by atoms with Crippen LogP contribution in [0.2, 0.25) is 0 Å². The lowest BCUT2D eigenvalue weighted by atomic mass is 10.2. The lowest BCUT2D eigenvalue weighted by molar-refractivity contribution is 0.107. The highest BCUT2D eigenvalue weighted by molar-refractivity contribution is 7.80. The summed E-state index contributed by atoms with van der Waals surface area (Å²) in [6.07, 6.45) is 0. The first-order valence-corrected chi connectivity index (χ1v) is 6.75. The summed E-state index contributed by atoms with van der Waals surface area (Å²) < 4.78 is 5.47. The Morgan fingerprint density at radius 1 is 1.06 bits per heavy atom. The molecule has 0 saturated carbocycles. The second-order valence-corrected chi connectivity index (χ2v) is 5.28. The third-order valence-electron chi connectivity index (χ3n) is 2.27. The molecule has 0 radical (unpaired) electrons. The molecular weight excluding hydrogens is 220 g/mol. The molecule has 0 aliphatic carbocycles. The van der Waals surface area contributed by atoms with E-state index in [2.05, 4.69) is 50.4 Å². The summed E-state index contributed by atoms with van der Waals surface area (Å²) in [4.78, 5) is 4.70. The highest BCUT2D eigenvalue weighted by atomic mass is 32.1. The second kappa shape index (κ2) is 10.4. The third kappa shape index (κ3) is 10.7. The van der Waals surface area contributed by atoms with E-state index in [0.717, 1.165) is 45.1 Å². The Kier molecular flexibility index (Phi) is 10.5. The molecule has 0 atom stereocenters. The van der Waals surface area contributed by atoms with E-state index in [4.69, 9.17) is 4.74 Å². The first-order valence-electron chi connectivity index (χ1n) is 6.12. The molecular formula is C12H28N2OS. The number of thiol groups is 1. The molecule has 0 aromatic rings. The predicted octanol–water partition coefficient (Wildman–Crippen LogP) is 1.45. The fourth-order valence-electron chi connectivity index (χ4n) is 1.51. The topological polar surface area (TPSA) is 15.7 Å². The Morgan fingerprint density at radius 3 is 2.25 bits per heavy atom. The van der Waals surface area contributed by atoms with Gasteiger partial charge in [-0.3, -0.25) is 4.90 Å². The first kappa shape index (κ1) is 16.2. The minimum atomic E-state index is 0.715. The number of likely N-dealkylation sites (N-methyl/N-ethyl adjacent to an activating group) is 1. The largest absolute Gasteiger partial charge is 0.379 e. The van der Waals surface area contributed by atoms with Crippen molar-refractivity contribution in [1.29, 1.82) is 0 Å². The Morgan fingerprint density at radius 2 is 1.75 bits per heavy atom. The van der Waals surface area contributed by atoms with E-state index in [9.17, 15) is 0 Å². The lowest BCUT2D eigenvalue weighted by Gasteiger charge is -2.25. The van der Waals surface area contributed by atoms with Gasteiger partial charge in [-0.15, -0.1) is 0 Å². The van der Waals surface area contributed by atoms with Crippen molar-refractivity contribution in [3.63, 3.8) is 0 Å². The van der Waals surface area contributed by atoms with Crippen molar-refractivity contribution >= 4 is 12.6 Å². The van der Waals surface area contributed by atoms with Crippen molar-refractivity contribution in [2.45, 2.75) is 13.8 Å². The Balaban J connectivity index is 3.72. The summed E-state index contributed by atoms with van der Waals surface area (Å²) in [5, 5.41) is 0. The fourth-order valence-corrected chi connectivity index (χ4v) is 1.64. The molecule has 0 N–H and O–H groups in total. The molecule has 98 valence electrons. The van der Waals surface area contributed by atoms with Crippen molar-refractivity contribution in [2.24, 2.45) is 5.92 Å². The van der Waals surface area contributed by atoms with Gasteiger partial charge in [0.2, 0.25) is 0 Å². The van der Waals surface area contributed by atoms with Gasteiger partial charge in [-0.1, -0.05) is 13.8 Å². The van der Waals surface area contributed by atoms with E-state index in [1.165, 1.54) is 0 Å². The van der Waals surface area contributed by atoms with E-state index < -0.39 is 0 Å². The van der Waals surface area contributed by atoms with E-state index in [1.807, 2.05) is 0 Å². The van der Waals surface area contributed by atoms with Gasteiger partial charge in [0.05, 0.1) is 13.2 Å². The number of nitrogens with zero attached hydrogens (tertiary/aromatic N) is 2.